The Labute approximate surface area is 173 Å². The molecule has 0 saturated heterocycles. The van der Waals surface area contributed by atoms with E-state index >= 15 is 0 Å². The smallest absolute Gasteiger partial charge is 0.319 e. The maximum Gasteiger partial charge on any atom is 0.319 e. The molecule has 0 spiro atoms. The zero-order valence-electron chi connectivity index (χ0n) is 18.2. The highest BCUT2D eigenvalue weighted by molar-refractivity contribution is 5.99. The summed E-state index contributed by atoms with van der Waals surface area (Å²) in [6.07, 6.45) is -0.0921. The molecule has 1 aliphatic rings. The highest BCUT2D eigenvalue weighted by Gasteiger charge is 2.25. The number of methoxy groups -OCH3 is 1. The molecule has 8 nitrogen and oxygen atoms in total. The second-order valence-corrected chi connectivity index (χ2v) is 8.02. The summed E-state index contributed by atoms with van der Waals surface area (Å²) in [4.78, 5) is 26.8. The van der Waals surface area contributed by atoms with Gasteiger partial charge < -0.3 is 30.3 Å². The van der Waals surface area contributed by atoms with Crippen LogP contribution in [-0.4, -0.2) is 68.9 Å². The van der Waals surface area contributed by atoms with Crippen LogP contribution in [0, 0.1) is 5.92 Å². The molecule has 3 N–H and O–H groups in total. The van der Waals surface area contributed by atoms with E-state index < -0.39 is 0 Å². The first kappa shape index (κ1) is 23.0. The minimum atomic E-state index is -0.319. The number of likely N-dealkylation sites (N-methyl/N-ethyl adjacent to an activating group) is 1. The van der Waals surface area contributed by atoms with Gasteiger partial charge >= 0.3 is 6.03 Å². The van der Waals surface area contributed by atoms with Crippen LogP contribution in [0.2, 0.25) is 0 Å². The molecular formula is C21H34N4O4. The molecule has 1 aliphatic heterocycles. The Balaban J connectivity index is 2.31. The molecule has 0 saturated carbocycles. The maximum atomic E-state index is 13.2. The molecule has 0 unspecified atom stereocenters. The van der Waals surface area contributed by atoms with Gasteiger partial charge in [-0.05, 0) is 44.9 Å². The van der Waals surface area contributed by atoms with Crippen molar-refractivity contribution in [1.82, 2.24) is 15.5 Å². The van der Waals surface area contributed by atoms with Crippen LogP contribution in [0.1, 0.15) is 38.1 Å². The molecule has 0 radical (unpaired) electrons. The third kappa shape index (κ3) is 6.61. The van der Waals surface area contributed by atoms with Gasteiger partial charge in [-0.1, -0.05) is 6.92 Å². The second-order valence-electron chi connectivity index (χ2n) is 8.02. The van der Waals surface area contributed by atoms with E-state index in [4.69, 9.17) is 9.47 Å². The predicted molar refractivity (Wildman–Crippen MR) is 114 cm³/mol. The van der Waals surface area contributed by atoms with Crippen LogP contribution in [0.15, 0.2) is 18.2 Å². The van der Waals surface area contributed by atoms with Gasteiger partial charge in [0.25, 0.3) is 5.91 Å². The second kappa shape index (κ2) is 10.5. The van der Waals surface area contributed by atoms with Gasteiger partial charge in [-0.3, -0.25) is 4.79 Å². The molecule has 8 heteroatoms. The van der Waals surface area contributed by atoms with Crippen LogP contribution in [-0.2, 0) is 4.74 Å². The van der Waals surface area contributed by atoms with E-state index in [1.54, 1.807) is 37.3 Å². The summed E-state index contributed by atoms with van der Waals surface area (Å²) < 4.78 is 11.6. The molecule has 29 heavy (non-hydrogen) atoms. The summed E-state index contributed by atoms with van der Waals surface area (Å²) in [6, 6.07) is 4.92. The number of benzene rings is 1. The summed E-state index contributed by atoms with van der Waals surface area (Å²) in [6.45, 7) is 9.56. The third-order valence-electron chi connectivity index (χ3n) is 4.90. The maximum absolute atomic E-state index is 13.2. The lowest BCUT2D eigenvalue weighted by atomic mass is 10.0. The number of hydrogen-bond acceptors (Lipinski definition) is 5. The number of hydrogen-bond donors (Lipinski definition) is 3. The third-order valence-corrected chi connectivity index (χ3v) is 4.90. The topological polar surface area (TPSA) is 91.9 Å². The largest absolute Gasteiger partial charge is 0.491 e. The highest BCUT2D eigenvalue weighted by atomic mass is 16.5. The number of anilines is 1. The quantitative estimate of drug-likeness (QED) is 0.716. The Morgan fingerprint density at radius 2 is 2.07 bits per heavy atom. The molecule has 1 aromatic rings. The summed E-state index contributed by atoms with van der Waals surface area (Å²) in [5.74, 6) is 0.542. The number of ether oxygens (including phenoxy) is 2. The van der Waals surface area contributed by atoms with Crippen LogP contribution < -0.4 is 20.7 Å². The molecule has 0 bridgehead atoms. The van der Waals surface area contributed by atoms with Crippen molar-refractivity contribution >= 4 is 17.6 Å². The van der Waals surface area contributed by atoms with Crippen LogP contribution in [0.5, 0.6) is 5.75 Å². The van der Waals surface area contributed by atoms with Crippen molar-refractivity contribution in [3.8, 4) is 5.75 Å². The molecule has 1 heterocycles. The van der Waals surface area contributed by atoms with Crippen LogP contribution in [0.3, 0.4) is 0 Å². The first-order chi connectivity index (χ1) is 13.7. The zero-order chi connectivity index (χ0) is 21.6. The summed E-state index contributed by atoms with van der Waals surface area (Å²) in [5, 5.41) is 8.99. The lowest BCUT2D eigenvalue weighted by Crippen LogP contribution is -2.44. The van der Waals surface area contributed by atoms with Crippen molar-refractivity contribution < 1.29 is 19.1 Å². The van der Waals surface area contributed by atoms with Crippen molar-refractivity contribution in [3.63, 3.8) is 0 Å². The van der Waals surface area contributed by atoms with Gasteiger partial charge in [0.1, 0.15) is 12.4 Å². The number of amides is 3. The van der Waals surface area contributed by atoms with E-state index in [9.17, 15) is 9.59 Å². The van der Waals surface area contributed by atoms with Crippen molar-refractivity contribution in [2.45, 2.75) is 45.9 Å². The van der Waals surface area contributed by atoms with E-state index in [0.29, 0.717) is 30.2 Å². The Morgan fingerprint density at radius 3 is 2.72 bits per heavy atom. The van der Waals surface area contributed by atoms with E-state index in [1.807, 2.05) is 20.8 Å². The van der Waals surface area contributed by atoms with Crippen LogP contribution in [0.4, 0.5) is 10.5 Å². The zero-order valence-corrected chi connectivity index (χ0v) is 18.2. The minimum absolute atomic E-state index is 0.0114. The highest BCUT2D eigenvalue weighted by Crippen LogP contribution is 2.25. The number of nitrogens with one attached hydrogen (secondary N) is 3. The Kier molecular flexibility index (Phi) is 8.28. The van der Waals surface area contributed by atoms with Crippen molar-refractivity contribution in [3.05, 3.63) is 23.8 Å². The average Bonchev–Trinajstić information content (AvgIpc) is 2.66. The van der Waals surface area contributed by atoms with Crippen molar-refractivity contribution in [1.29, 1.82) is 0 Å². The molecule has 3 amide bonds. The van der Waals surface area contributed by atoms with Gasteiger partial charge in [-0.15, -0.1) is 0 Å². The molecule has 3 atom stereocenters. The lowest BCUT2D eigenvalue weighted by molar-refractivity contribution is 0.0281. The van der Waals surface area contributed by atoms with Crippen molar-refractivity contribution in [2.24, 2.45) is 5.92 Å². The van der Waals surface area contributed by atoms with Crippen LogP contribution >= 0.6 is 0 Å². The van der Waals surface area contributed by atoms with E-state index in [0.717, 1.165) is 6.54 Å². The van der Waals surface area contributed by atoms with E-state index in [2.05, 4.69) is 22.9 Å². The Bertz CT molecular complexity index is 710. The standard InChI is InChI=1S/C21H34N4O4/c1-13(2)23-21(27)24-16-7-8-18-17(9-16)20(26)25(5)11-19(28-6)14(3)10-22-15(4)12-29-18/h7-9,13-15,19,22H,10-12H2,1-6H3,(H2,23,24,27)/t14-,15+,19-/m1/s1. The number of carbonyl (C=O) groups excluding carboxylic acids is 2. The lowest BCUT2D eigenvalue weighted by Gasteiger charge is -2.30. The van der Waals surface area contributed by atoms with Gasteiger partial charge in [-0.2, -0.15) is 0 Å². The molecule has 162 valence electrons. The number of carbonyl (C=O) groups is 2. The first-order valence-electron chi connectivity index (χ1n) is 10.1. The Morgan fingerprint density at radius 1 is 1.34 bits per heavy atom. The minimum Gasteiger partial charge on any atom is -0.491 e. The van der Waals surface area contributed by atoms with Gasteiger partial charge in [-0.25, -0.2) is 4.79 Å². The van der Waals surface area contributed by atoms with Crippen LogP contribution in [0.25, 0.3) is 0 Å². The molecular weight excluding hydrogens is 372 g/mol. The normalized spacial score (nSPS) is 23.5. The SMILES string of the molecule is CO[C@@H]1CN(C)C(=O)c2cc(NC(=O)NC(C)C)ccc2OC[C@H](C)NC[C@H]1C. The fraction of sp³-hybridized carbons (Fsp3) is 0.619. The summed E-state index contributed by atoms with van der Waals surface area (Å²) >= 11 is 0. The van der Waals surface area contributed by atoms with Gasteiger partial charge in [0.05, 0.1) is 11.7 Å². The summed E-state index contributed by atoms with van der Waals surface area (Å²) in [5.41, 5.74) is 0.937. The van der Waals surface area contributed by atoms with Gasteiger partial charge in [0, 0.05) is 45.0 Å². The average molecular weight is 407 g/mol. The van der Waals surface area contributed by atoms with E-state index in [1.165, 1.54) is 0 Å². The van der Waals surface area contributed by atoms with E-state index in [-0.39, 0.29) is 36.0 Å². The van der Waals surface area contributed by atoms with Gasteiger partial charge in [0.2, 0.25) is 0 Å². The molecule has 0 aromatic heterocycles. The molecule has 0 aliphatic carbocycles. The fourth-order valence-corrected chi connectivity index (χ4v) is 3.17. The number of fused-ring (bicyclic) bond motifs is 1. The number of urea groups is 1. The fourth-order valence-electron chi connectivity index (χ4n) is 3.17. The molecule has 0 fully saturated rings. The number of rotatable bonds is 3. The van der Waals surface area contributed by atoms with Crippen molar-refractivity contribution in [2.75, 3.05) is 39.2 Å². The first-order valence-corrected chi connectivity index (χ1v) is 10.1. The molecule has 2 rings (SSSR count). The van der Waals surface area contributed by atoms with Gasteiger partial charge in [0.15, 0.2) is 0 Å². The Hall–Kier alpha value is -2.32. The monoisotopic (exact) mass is 406 g/mol. The number of nitrogens with zero attached hydrogens (tertiary/aromatic N) is 1. The summed E-state index contributed by atoms with van der Waals surface area (Å²) in [7, 11) is 3.42. The predicted octanol–water partition coefficient (Wildman–Crippen LogP) is 2.31. The molecule has 1 aromatic carbocycles.